The maximum atomic E-state index is 11.7. The van der Waals surface area contributed by atoms with E-state index in [2.05, 4.69) is 15.7 Å². The molecule has 1 atom stereocenters. The third-order valence-corrected chi connectivity index (χ3v) is 3.31. The quantitative estimate of drug-likeness (QED) is 0.734. The van der Waals surface area contributed by atoms with E-state index in [1.165, 1.54) is 0 Å². The van der Waals surface area contributed by atoms with Crippen molar-refractivity contribution in [1.29, 1.82) is 0 Å². The van der Waals surface area contributed by atoms with Gasteiger partial charge in [0.25, 0.3) is 0 Å². The molecule has 1 heterocycles. The van der Waals surface area contributed by atoms with Crippen molar-refractivity contribution in [3.8, 4) is 0 Å². The SMILES string of the molecule is CCC(CC)[C@H](O)CNC(=O)Nc1cc(C)nn1C. The Hall–Kier alpha value is -1.56. The standard InChI is InChI=1S/C13H24N4O2/c1-5-10(6-2)11(18)8-14-13(19)15-12-7-9(3)16-17(12)4/h7,10-11,18H,5-6,8H2,1-4H3,(H2,14,15,19)/t11-/m1/s1. The average molecular weight is 268 g/mol. The minimum absolute atomic E-state index is 0.222. The van der Waals surface area contributed by atoms with Crippen LogP contribution in [0.5, 0.6) is 0 Å². The van der Waals surface area contributed by atoms with Gasteiger partial charge in [0.2, 0.25) is 0 Å². The molecule has 0 fully saturated rings. The maximum absolute atomic E-state index is 11.7. The first kappa shape index (κ1) is 15.5. The number of anilines is 1. The topological polar surface area (TPSA) is 79.2 Å². The van der Waals surface area contributed by atoms with E-state index < -0.39 is 6.10 Å². The minimum Gasteiger partial charge on any atom is -0.391 e. The molecule has 0 aliphatic rings. The molecule has 0 radical (unpaired) electrons. The molecule has 6 nitrogen and oxygen atoms in total. The number of urea groups is 1. The summed E-state index contributed by atoms with van der Waals surface area (Å²) in [4.78, 5) is 11.7. The number of aryl methyl sites for hydroxylation is 2. The van der Waals surface area contributed by atoms with Gasteiger partial charge < -0.3 is 10.4 Å². The zero-order valence-electron chi connectivity index (χ0n) is 12.1. The third kappa shape index (κ3) is 4.55. The molecule has 0 unspecified atom stereocenters. The van der Waals surface area contributed by atoms with Gasteiger partial charge >= 0.3 is 6.03 Å². The van der Waals surface area contributed by atoms with E-state index in [0.717, 1.165) is 18.5 Å². The van der Waals surface area contributed by atoms with E-state index in [-0.39, 0.29) is 18.5 Å². The summed E-state index contributed by atoms with van der Waals surface area (Å²) in [5.74, 6) is 0.853. The number of aliphatic hydroxyl groups excluding tert-OH is 1. The summed E-state index contributed by atoms with van der Waals surface area (Å²) in [6, 6.07) is 1.46. The fraction of sp³-hybridized carbons (Fsp3) is 0.692. The van der Waals surface area contributed by atoms with Crippen LogP contribution in [-0.2, 0) is 7.05 Å². The van der Waals surface area contributed by atoms with Crippen molar-refractivity contribution in [3.63, 3.8) is 0 Å². The summed E-state index contributed by atoms with van der Waals surface area (Å²) in [5.41, 5.74) is 0.842. The summed E-state index contributed by atoms with van der Waals surface area (Å²) in [5, 5.41) is 19.4. The van der Waals surface area contributed by atoms with Gasteiger partial charge in [0.1, 0.15) is 5.82 Å². The van der Waals surface area contributed by atoms with Crippen LogP contribution < -0.4 is 10.6 Å². The van der Waals surface area contributed by atoms with Crippen LogP contribution in [0.25, 0.3) is 0 Å². The first-order valence-electron chi connectivity index (χ1n) is 6.71. The van der Waals surface area contributed by atoms with Crippen molar-refractivity contribution in [1.82, 2.24) is 15.1 Å². The van der Waals surface area contributed by atoms with Gasteiger partial charge in [0.05, 0.1) is 11.8 Å². The Morgan fingerprint density at radius 3 is 2.58 bits per heavy atom. The van der Waals surface area contributed by atoms with E-state index in [0.29, 0.717) is 5.82 Å². The summed E-state index contributed by atoms with van der Waals surface area (Å²) < 4.78 is 1.60. The molecule has 0 saturated carbocycles. The smallest absolute Gasteiger partial charge is 0.320 e. The number of carbonyl (C=O) groups is 1. The highest BCUT2D eigenvalue weighted by Gasteiger charge is 2.16. The first-order chi connectivity index (χ1) is 8.97. The molecule has 2 amide bonds. The van der Waals surface area contributed by atoms with E-state index in [4.69, 9.17) is 0 Å². The van der Waals surface area contributed by atoms with E-state index in [1.54, 1.807) is 17.8 Å². The summed E-state index contributed by atoms with van der Waals surface area (Å²) >= 11 is 0. The number of rotatable bonds is 6. The number of carbonyl (C=O) groups excluding carboxylic acids is 1. The van der Waals surface area contributed by atoms with Crippen LogP contribution in [0.3, 0.4) is 0 Å². The second-order valence-corrected chi connectivity index (χ2v) is 4.77. The van der Waals surface area contributed by atoms with Crippen molar-refractivity contribution in [2.75, 3.05) is 11.9 Å². The van der Waals surface area contributed by atoms with Gasteiger partial charge in [-0.15, -0.1) is 0 Å². The lowest BCUT2D eigenvalue weighted by Gasteiger charge is -2.20. The van der Waals surface area contributed by atoms with Crippen LogP contribution in [0.4, 0.5) is 10.6 Å². The number of hydrogen-bond acceptors (Lipinski definition) is 3. The zero-order chi connectivity index (χ0) is 14.4. The lowest BCUT2D eigenvalue weighted by molar-refractivity contribution is 0.104. The molecular weight excluding hydrogens is 244 g/mol. The predicted molar refractivity (Wildman–Crippen MR) is 75.0 cm³/mol. The highest BCUT2D eigenvalue weighted by Crippen LogP contribution is 2.12. The number of aliphatic hydroxyl groups is 1. The van der Waals surface area contributed by atoms with Gasteiger partial charge in [-0.2, -0.15) is 5.10 Å². The molecule has 0 bridgehead atoms. The summed E-state index contributed by atoms with van der Waals surface area (Å²) in [6.45, 7) is 6.20. The highest BCUT2D eigenvalue weighted by atomic mass is 16.3. The van der Waals surface area contributed by atoms with Gasteiger partial charge in [-0.3, -0.25) is 10.00 Å². The van der Waals surface area contributed by atoms with Crippen LogP contribution in [0, 0.1) is 12.8 Å². The van der Waals surface area contributed by atoms with Gasteiger partial charge in [-0.1, -0.05) is 26.7 Å². The molecule has 0 saturated heterocycles. The molecule has 0 spiro atoms. The lowest BCUT2D eigenvalue weighted by atomic mass is 9.97. The van der Waals surface area contributed by atoms with Crippen LogP contribution in [0.2, 0.25) is 0 Å². The molecule has 3 N–H and O–H groups in total. The number of aromatic nitrogens is 2. The second-order valence-electron chi connectivity index (χ2n) is 4.77. The van der Waals surface area contributed by atoms with Crippen molar-refractivity contribution in [2.45, 2.75) is 39.7 Å². The fourth-order valence-electron chi connectivity index (χ4n) is 2.08. The molecular formula is C13H24N4O2. The fourth-order valence-corrected chi connectivity index (χ4v) is 2.08. The molecule has 0 aliphatic heterocycles. The Balaban J connectivity index is 2.42. The van der Waals surface area contributed by atoms with E-state index in [1.807, 2.05) is 20.8 Å². The molecule has 1 aromatic heterocycles. The first-order valence-corrected chi connectivity index (χ1v) is 6.71. The number of hydrogen-bond donors (Lipinski definition) is 3. The van der Waals surface area contributed by atoms with E-state index >= 15 is 0 Å². The Bertz CT molecular complexity index is 413. The van der Waals surface area contributed by atoms with Crippen LogP contribution in [0.1, 0.15) is 32.4 Å². The second kappa shape index (κ2) is 7.13. The monoisotopic (exact) mass is 268 g/mol. The van der Waals surface area contributed by atoms with Crippen molar-refractivity contribution < 1.29 is 9.90 Å². The zero-order valence-corrected chi connectivity index (χ0v) is 12.1. The third-order valence-electron chi connectivity index (χ3n) is 3.31. The van der Waals surface area contributed by atoms with Crippen LogP contribution in [-0.4, -0.2) is 33.6 Å². The van der Waals surface area contributed by atoms with E-state index in [9.17, 15) is 9.90 Å². The summed E-state index contributed by atoms with van der Waals surface area (Å²) in [6.07, 6.45) is 1.30. The van der Waals surface area contributed by atoms with Crippen molar-refractivity contribution >= 4 is 11.8 Å². The Morgan fingerprint density at radius 2 is 2.11 bits per heavy atom. The van der Waals surface area contributed by atoms with Crippen LogP contribution in [0.15, 0.2) is 6.07 Å². The number of nitrogens with one attached hydrogen (secondary N) is 2. The van der Waals surface area contributed by atoms with Crippen molar-refractivity contribution in [2.24, 2.45) is 13.0 Å². The minimum atomic E-state index is -0.506. The molecule has 6 heteroatoms. The molecule has 108 valence electrons. The normalized spacial score (nSPS) is 12.5. The molecule has 0 aliphatic carbocycles. The largest absolute Gasteiger partial charge is 0.391 e. The van der Waals surface area contributed by atoms with Gasteiger partial charge in [-0.05, 0) is 12.8 Å². The average Bonchev–Trinajstić information content (AvgIpc) is 2.67. The molecule has 1 aromatic rings. The predicted octanol–water partition coefficient (Wildman–Crippen LogP) is 1.65. The number of nitrogens with zero attached hydrogens (tertiary/aromatic N) is 2. The lowest BCUT2D eigenvalue weighted by Crippen LogP contribution is -2.38. The number of amides is 2. The molecule has 0 aromatic carbocycles. The Morgan fingerprint density at radius 1 is 1.47 bits per heavy atom. The van der Waals surface area contributed by atoms with Crippen molar-refractivity contribution in [3.05, 3.63) is 11.8 Å². The Kier molecular flexibility index (Phi) is 5.82. The molecule has 19 heavy (non-hydrogen) atoms. The summed E-state index contributed by atoms with van der Waals surface area (Å²) in [7, 11) is 1.77. The van der Waals surface area contributed by atoms with Gasteiger partial charge in [0.15, 0.2) is 0 Å². The molecule has 1 rings (SSSR count). The maximum Gasteiger partial charge on any atom is 0.320 e. The van der Waals surface area contributed by atoms with Crippen LogP contribution >= 0.6 is 0 Å². The van der Waals surface area contributed by atoms with Gasteiger partial charge in [0, 0.05) is 19.7 Å². The highest BCUT2D eigenvalue weighted by molar-refractivity contribution is 5.88. The van der Waals surface area contributed by atoms with Gasteiger partial charge in [-0.25, -0.2) is 4.79 Å². The Labute approximate surface area is 114 Å².